The minimum absolute atomic E-state index is 0.110. The lowest BCUT2D eigenvalue weighted by molar-refractivity contribution is -0.118. The highest BCUT2D eigenvalue weighted by Crippen LogP contribution is 2.39. The van der Waals surface area contributed by atoms with Crippen LogP contribution in [0, 0.1) is 5.82 Å². The number of carbonyl (C=O) groups is 2. The van der Waals surface area contributed by atoms with Crippen LogP contribution in [0.3, 0.4) is 0 Å². The number of halogens is 1. The average Bonchev–Trinajstić information content (AvgIpc) is 2.86. The lowest BCUT2D eigenvalue weighted by Crippen LogP contribution is -2.18. The zero-order valence-corrected chi connectivity index (χ0v) is 19.0. The van der Waals surface area contributed by atoms with Crippen LogP contribution in [0.4, 0.5) is 10.2 Å². The van der Waals surface area contributed by atoms with E-state index in [2.05, 4.69) is 10.3 Å². The second kappa shape index (κ2) is 9.65. The molecule has 0 unspecified atom stereocenters. The summed E-state index contributed by atoms with van der Waals surface area (Å²) in [5.74, 6) is 2.24. The first-order chi connectivity index (χ1) is 16.6. The van der Waals surface area contributed by atoms with Crippen molar-refractivity contribution in [3.05, 3.63) is 95.5 Å². The number of thioether (sulfide) groups is 1. The van der Waals surface area contributed by atoms with Crippen molar-refractivity contribution in [2.24, 2.45) is 0 Å². The van der Waals surface area contributed by atoms with Crippen LogP contribution >= 0.6 is 11.8 Å². The highest BCUT2D eigenvalue weighted by molar-refractivity contribution is 7.99. The number of hydrogen-bond donors (Lipinski definition) is 1. The van der Waals surface area contributed by atoms with Crippen molar-refractivity contribution in [2.45, 2.75) is 17.7 Å². The maximum Gasteiger partial charge on any atom is 0.196 e. The number of Topliss-reactive ketones (excluding diaryl/α,β-unsaturated/α-hetero) is 2. The van der Waals surface area contributed by atoms with Gasteiger partial charge in [-0.2, -0.15) is 0 Å². The molecule has 2 aliphatic rings. The first kappa shape index (κ1) is 22.1. The molecule has 0 bridgehead atoms. The van der Waals surface area contributed by atoms with E-state index < -0.39 is 0 Å². The second-order valence-electron chi connectivity index (χ2n) is 7.92. The van der Waals surface area contributed by atoms with Gasteiger partial charge in [-0.15, -0.1) is 11.8 Å². The number of ether oxygens (including phenoxy) is 1. The van der Waals surface area contributed by atoms with Crippen molar-refractivity contribution < 1.29 is 18.7 Å². The number of rotatable bonds is 6. The molecule has 7 heteroatoms. The summed E-state index contributed by atoms with van der Waals surface area (Å²) >= 11 is 1.71. The Balaban J connectivity index is 1.25. The maximum absolute atomic E-state index is 13.2. The lowest BCUT2D eigenvalue weighted by atomic mass is 9.88. The molecule has 1 aromatic heterocycles. The van der Waals surface area contributed by atoms with Crippen LogP contribution in [-0.4, -0.2) is 28.8 Å². The zero-order chi connectivity index (χ0) is 23.5. The highest BCUT2D eigenvalue weighted by Gasteiger charge is 2.25. The van der Waals surface area contributed by atoms with Crippen molar-refractivity contribution in [2.75, 3.05) is 17.6 Å². The molecule has 5 rings (SSSR count). The van der Waals surface area contributed by atoms with Gasteiger partial charge < -0.3 is 10.1 Å². The number of pyridine rings is 1. The van der Waals surface area contributed by atoms with Crippen LogP contribution in [0.2, 0.25) is 0 Å². The molecule has 1 aliphatic carbocycles. The number of benzene rings is 2. The third-order valence-electron chi connectivity index (χ3n) is 5.61. The molecule has 1 aliphatic heterocycles. The minimum atomic E-state index is -0.369. The summed E-state index contributed by atoms with van der Waals surface area (Å²) in [5.41, 5.74) is 2.01. The second-order valence-corrected chi connectivity index (χ2v) is 9.02. The fraction of sp³-hybridized carbons (Fsp3) is 0.148. The van der Waals surface area contributed by atoms with Crippen molar-refractivity contribution in [1.82, 2.24) is 4.98 Å². The van der Waals surface area contributed by atoms with Crippen molar-refractivity contribution in [3.8, 4) is 11.5 Å². The standard InChI is InChI=1S/C27H21FN2O3S/c28-19-8-6-18(7-9-19)21-2-1-3-22(25(21)32)23(31)16-17-4-10-20(11-5-17)33-24-12-13-29-27-26(24)34-15-14-30-27/h2-13H,1,14-16H2,(H,29,30). The largest absolute Gasteiger partial charge is 0.456 e. The Morgan fingerprint density at radius 2 is 1.85 bits per heavy atom. The molecular formula is C27H21FN2O3S. The molecule has 0 radical (unpaired) electrons. The number of carbonyl (C=O) groups excluding carboxylic acids is 2. The molecule has 0 atom stereocenters. The quantitative estimate of drug-likeness (QED) is 0.470. The van der Waals surface area contributed by atoms with E-state index in [4.69, 9.17) is 4.74 Å². The Bertz CT molecular complexity index is 1310. The summed E-state index contributed by atoms with van der Waals surface area (Å²) in [6.45, 7) is 0.872. The highest BCUT2D eigenvalue weighted by atomic mass is 32.2. The smallest absolute Gasteiger partial charge is 0.196 e. The van der Waals surface area contributed by atoms with Gasteiger partial charge in [-0.3, -0.25) is 9.59 Å². The Morgan fingerprint density at radius 3 is 2.65 bits per heavy atom. The van der Waals surface area contributed by atoms with Crippen LogP contribution in [0.1, 0.15) is 17.5 Å². The minimum Gasteiger partial charge on any atom is -0.456 e. The predicted octanol–water partition coefficient (Wildman–Crippen LogP) is 5.63. The molecule has 5 nitrogen and oxygen atoms in total. The van der Waals surface area contributed by atoms with Crippen LogP contribution in [-0.2, 0) is 16.0 Å². The number of aromatic nitrogens is 1. The first-order valence-electron chi connectivity index (χ1n) is 10.9. The van der Waals surface area contributed by atoms with E-state index in [1.807, 2.05) is 30.3 Å². The van der Waals surface area contributed by atoms with E-state index in [9.17, 15) is 14.0 Å². The van der Waals surface area contributed by atoms with Gasteiger partial charge in [0.1, 0.15) is 23.1 Å². The van der Waals surface area contributed by atoms with E-state index in [0.717, 1.165) is 34.3 Å². The predicted molar refractivity (Wildman–Crippen MR) is 131 cm³/mol. The fourth-order valence-electron chi connectivity index (χ4n) is 3.93. The maximum atomic E-state index is 13.2. The third-order valence-corrected chi connectivity index (χ3v) is 6.71. The van der Waals surface area contributed by atoms with E-state index in [1.165, 1.54) is 12.1 Å². The summed E-state index contributed by atoms with van der Waals surface area (Å²) in [5, 5.41) is 3.27. The number of hydrogen-bond acceptors (Lipinski definition) is 6. The Labute approximate surface area is 200 Å². The number of allylic oxidation sites excluding steroid dienone is 4. The van der Waals surface area contributed by atoms with Crippen molar-refractivity contribution in [1.29, 1.82) is 0 Å². The van der Waals surface area contributed by atoms with Gasteiger partial charge in [-0.25, -0.2) is 9.37 Å². The zero-order valence-electron chi connectivity index (χ0n) is 18.2. The van der Waals surface area contributed by atoms with Gasteiger partial charge in [0.05, 0.1) is 10.5 Å². The summed E-state index contributed by atoms with van der Waals surface area (Å²) in [6, 6.07) is 14.9. The number of nitrogens with zero attached hydrogens (tertiary/aromatic N) is 1. The average molecular weight is 473 g/mol. The molecule has 0 fully saturated rings. The summed E-state index contributed by atoms with van der Waals surface area (Å²) in [4.78, 5) is 31.2. The van der Waals surface area contributed by atoms with Gasteiger partial charge in [0, 0.05) is 36.6 Å². The van der Waals surface area contributed by atoms with Crippen molar-refractivity contribution in [3.63, 3.8) is 0 Å². The van der Waals surface area contributed by atoms with Gasteiger partial charge >= 0.3 is 0 Å². The molecule has 1 N–H and O–H groups in total. The third kappa shape index (κ3) is 4.65. The molecule has 0 spiro atoms. The molecule has 3 aromatic rings. The van der Waals surface area contributed by atoms with Gasteiger partial charge in [0.25, 0.3) is 0 Å². The van der Waals surface area contributed by atoms with E-state index in [0.29, 0.717) is 23.3 Å². The Hall–Kier alpha value is -3.71. The number of nitrogens with one attached hydrogen (secondary N) is 1. The molecule has 34 heavy (non-hydrogen) atoms. The normalized spacial score (nSPS) is 15.0. The Kier molecular flexibility index (Phi) is 6.27. The molecule has 0 saturated heterocycles. The van der Waals surface area contributed by atoms with Crippen LogP contribution in [0.5, 0.6) is 11.5 Å². The van der Waals surface area contributed by atoms with Crippen LogP contribution < -0.4 is 10.1 Å². The molecular weight excluding hydrogens is 451 g/mol. The van der Waals surface area contributed by atoms with Gasteiger partial charge in [0.15, 0.2) is 11.6 Å². The van der Waals surface area contributed by atoms with Crippen molar-refractivity contribution >= 4 is 34.7 Å². The topological polar surface area (TPSA) is 68.3 Å². The van der Waals surface area contributed by atoms with Gasteiger partial charge in [-0.1, -0.05) is 36.4 Å². The van der Waals surface area contributed by atoms with Crippen LogP contribution in [0.15, 0.2) is 83.4 Å². The Morgan fingerprint density at radius 1 is 1.06 bits per heavy atom. The molecule has 2 heterocycles. The number of ketones is 2. The van der Waals surface area contributed by atoms with E-state index in [1.54, 1.807) is 42.2 Å². The van der Waals surface area contributed by atoms with Gasteiger partial charge in [-0.05, 0) is 41.8 Å². The summed E-state index contributed by atoms with van der Waals surface area (Å²) in [7, 11) is 0. The summed E-state index contributed by atoms with van der Waals surface area (Å²) in [6.07, 6.45) is 5.73. The SMILES string of the molecule is O=C(Cc1ccc(Oc2ccnc3c2SCCN3)cc1)C1=CCC=C(c2ccc(F)cc2)C1=O. The molecule has 170 valence electrons. The molecule has 0 amide bonds. The van der Waals surface area contributed by atoms with E-state index >= 15 is 0 Å². The molecule has 0 saturated carbocycles. The number of anilines is 1. The fourth-order valence-corrected chi connectivity index (χ4v) is 4.85. The number of fused-ring (bicyclic) bond motifs is 1. The monoisotopic (exact) mass is 472 g/mol. The van der Waals surface area contributed by atoms with Crippen LogP contribution in [0.25, 0.3) is 5.57 Å². The molecule has 2 aromatic carbocycles. The lowest BCUT2D eigenvalue weighted by Gasteiger charge is -2.19. The first-order valence-corrected chi connectivity index (χ1v) is 11.9. The van der Waals surface area contributed by atoms with E-state index in [-0.39, 0.29) is 29.4 Å². The summed E-state index contributed by atoms with van der Waals surface area (Å²) < 4.78 is 19.3. The van der Waals surface area contributed by atoms with Gasteiger partial charge in [0.2, 0.25) is 0 Å².